The highest BCUT2D eigenvalue weighted by atomic mass is 16.5. The number of hydrogen-bond donors (Lipinski definition) is 3. The number of carbonyl (C=O) groups is 3. The molecule has 1 atom stereocenters. The number of imide groups is 1. The van der Waals surface area contributed by atoms with E-state index in [1.807, 2.05) is 6.07 Å². The minimum atomic E-state index is -0.923. The largest absolute Gasteiger partial charge is 0.494 e. The summed E-state index contributed by atoms with van der Waals surface area (Å²) in [6.07, 6.45) is 1.33. The number of nitrogens with two attached hydrogens (primary N) is 1. The fourth-order valence-electron chi connectivity index (χ4n) is 3.20. The van der Waals surface area contributed by atoms with Gasteiger partial charge in [-0.2, -0.15) is 0 Å². The number of nitrogens with zero attached hydrogens (tertiary/aromatic N) is 1. The van der Waals surface area contributed by atoms with Crippen molar-refractivity contribution in [3.05, 3.63) is 54.1 Å². The second-order valence-electron chi connectivity index (χ2n) is 6.38. The summed E-state index contributed by atoms with van der Waals surface area (Å²) in [6.45, 7) is 0.648. The molecule has 1 aliphatic heterocycles. The van der Waals surface area contributed by atoms with Crippen LogP contribution in [0.15, 0.2) is 48.5 Å². The summed E-state index contributed by atoms with van der Waals surface area (Å²) < 4.78 is 5.45. The van der Waals surface area contributed by atoms with Gasteiger partial charge in [-0.15, -0.1) is 0 Å². The van der Waals surface area contributed by atoms with Crippen molar-refractivity contribution in [3.8, 4) is 5.75 Å². The third-order valence-electron chi connectivity index (χ3n) is 4.50. The molecule has 1 heterocycles. The standard InChI is InChI=1S/C20H22N4O4/c1-28-16-12-14(9-10-15(16)24-11-5-8-17(24)25)22-18(19(26)23-20(21)27)13-6-3-2-4-7-13/h2-4,6-7,9-10,12,18,22H,5,8,11H2,1H3,(H3,21,23,26,27)/t18-/m0/s1. The van der Waals surface area contributed by atoms with Crippen LogP contribution in [0.4, 0.5) is 16.2 Å². The predicted molar refractivity (Wildman–Crippen MR) is 105 cm³/mol. The number of carbonyl (C=O) groups excluding carboxylic acids is 3. The second kappa shape index (κ2) is 8.43. The molecule has 4 amide bonds. The van der Waals surface area contributed by atoms with Crippen molar-refractivity contribution in [2.45, 2.75) is 18.9 Å². The number of nitrogens with one attached hydrogen (secondary N) is 2. The summed E-state index contributed by atoms with van der Waals surface area (Å²) in [4.78, 5) is 37.3. The normalized spacial score (nSPS) is 14.5. The Balaban J connectivity index is 1.89. The molecular formula is C20H22N4O4. The van der Waals surface area contributed by atoms with Gasteiger partial charge in [0, 0.05) is 24.7 Å². The summed E-state index contributed by atoms with van der Waals surface area (Å²) in [7, 11) is 1.53. The molecule has 4 N–H and O–H groups in total. The quantitative estimate of drug-likeness (QED) is 0.708. The molecule has 3 rings (SSSR count). The van der Waals surface area contributed by atoms with E-state index in [1.54, 1.807) is 47.4 Å². The summed E-state index contributed by atoms with van der Waals surface area (Å²) in [5.41, 5.74) is 7.05. The Morgan fingerprint density at radius 2 is 1.93 bits per heavy atom. The fraction of sp³-hybridized carbons (Fsp3) is 0.250. The number of benzene rings is 2. The number of rotatable bonds is 6. The average molecular weight is 382 g/mol. The predicted octanol–water partition coefficient (Wildman–Crippen LogP) is 2.17. The number of anilines is 2. The van der Waals surface area contributed by atoms with E-state index in [9.17, 15) is 14.4 Å². The number of urea groups is 1. The molecule has 146 valence electrons. The van der Waals surface area contributed by atoms with E-state index in [0.29, 0.717) is 35.7 Å². The molecule has 2 aromatic rings. The number of hydrogen-bond acceptors (Lipinski definition) is 5. The van der Waals surface area contributed by atoms with E-state index in [1.165, 1.54) is 7.11 Å². The van der Waals surface area contributed by atoms with Crippen molar-refractivity contribution >= 4 is 29.2 Å². The van der Waals surface area contributed by atoms with Crippen molar-refractivity contribution < 1.29 is 19.1 Å². The maximum absolute atomic E-state index is 12.5. The van der Waals surface area contributed by atoms with E-state index in [0.717, 1.165) is 6.42 Å². The first-order chi connectivity index (χ1) is 13.5. The van der Waals surface area contributed by atoms with Crippen molar-refractivity contribution in [2.75, 3.05) is 23.9 Å². The maximum Gasteiger partial charge on any atom is 0.318 e. The number of primary amides is 1. The second-order valence-corrected chi connectivity index (χ2v) is 6.38. The molecular weight excluding hydrogens is 360 g/mol. The molecule has 0 saturated carbocycles. The van der Waals surface area contributed by atoms with Gasteiger partial charge in [0.05, 0.1) is 12.8 Å². The number of amides is 4. The van der Waals surface area contributed by atoms with Crippen molar-refractivity contribution in [3.63, 3.8) is 0 Å². The van der Waals surface area contributed by atoms with E-state index >= 15 is 0 Å². The van der Waals surface area contributed by atoms with E-state index in [2.05, 4.69) is 10.6 Å². The van der Waals surface area contributed by atoms with Gasteiger partial charge in [-0.25, -0.2) is 4.79 Å². The van der Waals surface area contributed by atoms with Crippen molar-refractivity contribution in [2.24, 2.45) is 5.73 Å². The van der Waals surface area contributed by atoms with Gasteiger partial charge in [-0.05, 0) is 24.1 Å². The molecule has 0 spiro atoms. The Kier molecular flexibility index (Phi) is 5.78. The molecule has 1 aliphatic rings. The van der Waals surface area contributed by atoms with Crippen molar-refractivity contribution in [1.29, 1.82) is 0 Å². The zero-order valence-corrected chi connectivity index (χ0v) is 15.5. The van der Waals surface area contributed by atoms with Gasteiger partial charge in [0.2, 0.25) is 5.91 Å². The Morgan fingerprint density at radius 3 is 2.54 bits per heavy atom. The summed E-state index contributed by atoms with van der Waals surface area (Å²) in [5, 5.41) is 5.21. The van der Waals surface area contributed by atoms with Crippen LogP contribution in [0.25, 0.3) is 0 Å². The lowest BCUT2D eigenvalue weighted by Gasteiger charge is -2.22. The van der Waals surface area contributed by atoms with Crippen LogP contribution in [0.5, 0.6) is 5.75 Å². The molecule has 1 fully saturated rings. The summed E-state index contributed by atoms with van der Waals surface area (Å²) in [6, 6.07) is 12.5. The lowest BCUT2D eigenvalue weighted by atomic mass is 10.1. The smallest absolute Gasteiger partial charge is 0.318 e. The van der Waals surface area contributed by atoms with Crippen LogP contribution in [0.1, 0.15) is 24.4 Å². The van der Waals surface area contributed by atoms with Crippen molar-refractivity contribution in [1.82, 2.24) is 5.32 Å². The molecule has 28 heavy (non-hydrogen) atoms. The lowest BCUT2D eigenvalue weighted by molar-refractivity contribution is -0.121. The highest BCUT2D eigenvalue weighted by Crippen LogP contribution is 2.34. The third-order valence-corrected chi connectivity index (χ3v) is 4.50. The molecule has 0 aromatic heterocycles. The molecule has 0 radical (unpaired) electrons. The van der Waals surface area contributed by atoms with Gasteiger partial charge in [-0.1, -0.05) is 30.3 Å². The zero-order chi connectivity index (χ0) is 20.1. The van der Waals surface area contributed by atoms with E-state index in [4.69, 9.17) is 10.5 Å². The fourth-order valence-corrected chi connectivity index (χ4v) is 3.20. The average Bonchev–Trinajstić information content (AvgIpc) is 3.11. The van der Waals surface area contributed by atoms with Crippen LogP contribution < -0.4 is 26.0 Å². The Morgan fingerprint density at radius 1 is 1.18 bits per heavy atom. The van der Waals surface area contributed by atoms with Gasteiger partial charge in [0.25, 0.3) is 5.91 Å². The van der Waals surface area contributed by atoms with Crippen LogP contribution in [-0.2, 0) is 9.59 Å². The van der Waals surface area contributed by atoms with Gasteiger partial charge in [-0.3, -0.25) is 14.9 Å². The van der Waals surface area contributed by atoms with Crippen LogP contribution in [0, 0.1) is 0 Å². The van der Waals surface area contributed by atoms with Crippen LogP contribution in [-0.4, -0.2) is 31.5 Å². The molecule has 8 heteroatoms. The molecule has 0 aliphatic carbocycles. The Labute approximate surface area is 162 Å². The first kappa shape index (κ1) is 19.2. The maximum atomic E-state index is 12.5. The van der Waals surface area contributed by atoms with Crippen LogP contribution in [0.2, 0.25) is 0 Å². The topological polar surface area (TPSA) is 114 Å². The molecule has 2 aromatic carbocycles. The van der Waals surface area contributed by atoms with Gasteiger partial charge in [0.1, 0.15) is 11.8 Å². The molecule has 1 saturated heterocycles. The van der Waals surface area contributed by atoms with Gasteiger partial charge >= 0.3 is 6.03 Å². The minimum Gasteiger partial charge on any atom is -0.494 e. The first-order valence-corrected chi connectivity index (χ1v) is 8.90. The summed E-state index contributed by atoms with van der Waals surface area (Å²) in [5.74, 6) is 0.000780. The monoisotopic (exact) mass is 382 g/mol. The van der Waals surface area contributed by atoms with Gasteiger partial charge < -0.3 is 20.7 Å². The molecule has 0 unspecified atom stereocenters. The van der Waals surface area contributed by atoms with Gasteiger partial charge in [0.15, 0.2) is 0 Å². The third kappa shape index (κ3) is 4.22. The summed E-state index contributed by atoms with van der Waals surface area (Å²) >= 11 is 0. The van der Waals surface area contributed by atoms with Crippen LogP contribution >= 0.6 is 0 Å². The SMILES string of the molecule is COc1cc(N[C@H](C(=O)NC(N)=O)c2ccccc2)ccc1N1CCCC1=O. The highest BCUT2D eigenvalue weighted by Gasteiger charge is 2.26. The molecule has 8 nitrogen and oxygen atoms in total. The zero-order valence-electron chi connectivity index (χ0n) is 15.5. The minimum absolute atomic E-state index is 0.0574. The van der Waals surface area contributed by atoms with E-state index < -0.39 is 18.0 Å². The highest BCUT2D eigenvalue weighted by molar-refractivity contribution is 5.99. The Hall–Kier alpha value is -3.55. The molecule has 0 bridgehead atoms. The lowest BCUT2D eigenvalue weighted by Crippen LogP contribution is -2.40. The van der Waals surface area contributed by atoms with Crippen LogP contribution in [0.3, 0.4) is 0 Å². The number of methoxy groups -OCH3 is 1. The Bertz CT molecular complexity index is 885. The first-order valence-electron chi connectivity index (χ1n) is 8.90. The van der Waals surface area contributed by atoms with E-state index in [-0.39, 0.29) is 5.91 Å². The number of ether oxygens (including phenoxy) is 1.